The first kappa shape index (κ1) is 21.4. The van der Waals surface area contributed by atoms with Gasteiger partial charge in [0.2, 0.25) is 0 Å². The standard InChI is InChI=1S/C16H28O7/c1-2-3-4-5-6-7-8-9-10-12(14(19)20)16(23,15(21)22)11-13(17)18/h12,23H,2-11H2,1H3,(H,17,18)(H,19,20)(H,21,22)/p-3/t12-,16-/m1/s1. The molecule has 0 spiro atoms. The molecule has 0 aromatic heterocycles. The number of aliphatic hydroxyl groups is 1. The minimum absolute atomic E-state index is 0.185. The molecule has 0 fully saturated rings. The molecule has 0 aromatic carbocycles. The van der Waals surface area contributed by atoms with Crippen molar-refractivity contribution in [1.29, 1.82) is 0 Å². The predicted octanol–water partition coefficient (Wildman–Crippen LogP) is -1.50. The summed E-state index contributed by atoms with van der Waals surface area (Å²) < 4.78 is 0. The minimum Gasteiger partial charge on any atom is -0.550 e. The fourth-order valence-corrected chi connectivity index (χ4v) is 2.59. The fraction of sp³-hybridized carbons (Fsp3) is 0.812. The number of hydrogen-bond acceptors (Lipinski definition) is 7. The highest BCUT2D eigenvalue weighted by Crippen LogP contribution is 2.26. The van der Waals surface area contributed by atoms with E-state index in [-0.39, 0.29) is 6.42 Å². The number of hydrogen-bond donors (Lipinski definition) is 1. The third kappa shape index (κ3) is 7.97. The van der Waals surface area contributed by atoms with E-state index in [4.69, 9.17) is 0 Å². The maximum absolute atomic E-state index is 11.1. The van der Waals surface area contributed by atoms with Crippen molar-refractivity contribution in [3.63, 3.8) is 0 Å². The monoisotopic (exact) mass is 329 g/mol. The van der Waals surface area contributed by atoms with Crippen LogP contribution in [0.1, 0.15) is 71.1 Å². The number of rotatable bonds is 14. The van der Waals surface area contributed by atoms with Gasteiger partial charge in [-0.3, -0.25) is 0 Å². The van der Waals surface area contributed by atoms with E-state index < -0.39 is 35.8 Å². The molecular weight excluding hydrogens is 304 g/mol. The molecule has 0 aliphatic carbocycles. The van der Waals surface area contributed by atoms with E-state index in [2.05, 4.69) is 6.92 Å². The van der Waals surface area contributed by atoms with E-state index in [0.29, 0.717) is 12.8 Å². The minimum atomic E-state index is -3.02. The Labute approximate surface area is 136 Å². The van der Waals surface area contributed by atoms with Crippen molar-refractivity contribution in [2.24, 2.45) is 5.92 Å². The summed E-state index contributed by atoms with van der Waals surface area (Å²) in [5.74, 6) is -7.65. The van der Waals surface area contributed by atoms with E-state index in [1.807, 2.05) is 0 Å². The molecule has 0 bridgehead atoms. The van der Waals surface area contributed by atoms with E-state index >= 15 is 0 Å². The zero-order valence-corrected chi connectivity index (χ0v) is 13.5. The molecule has 0 aliphatic heterocycles. The number of carbonyl (C=O) groups excluding carboxylic acids is 3. The molecule has 0 rings (SSSR count). The summed E-state index contributed by atoms with van der Waals surface area (Å²) in [6.45, 7) is 2.12. The second kappa shape index (κ2) is 11.0. The molecule has 0 aliphatic rings. The highest BCUT2D eigenvalue weighted by Gasteiger charge is 2.39. The van der Waals surface area contributed by atoms with Crippen molar-refractivity contribution in [2.45, 2.75) is 76.7 Å². The van der Waals surface area contributed by atoms with Crippen LogP contribution < -0.4 is 15.3 Å². The van der Waals surface area contributed by atoms with Gasteiger partial charge in [-0.25, -0.2) is 0 Å². The van der Waals surface area contributed by atoms with Crippen LogP contribution in [0.4, 0.5) is 0 Å². The molecule has 0 unspecified atom stereocenters. The van der Waals surface area contributed by atoms with Gasteiger partial charge in [-0.15, -0.1) is 0 Å². The first-order valence-electron chi connectivity index (χ1n) is 8.10. The summed E-state index contributed by atoms with van der Waals surface area (Å²) in [5.41, 5.74) is -3.02. The van der Waals surface area contributed by atoms with Crippen LogP contribution in [0.3, 0.4) is 0 Å². The van der Waals surface area contributed by atoms with Crippen LogP contribution in [0.25, 0.3) is 0 Å². The maximum atomic E-state index is 11.1. The van der Waals surface area contributed by atoms with Crippen molar-refractivity contribution >= 4 is 17.9 Å². The van der Waals surface area contributed by atoms with Crippen LogP contribution >= 0.6 is 0 Å². The summed E-state index contributed by atoms with van der Waals surface area (Å²) in [4.78, 5) is 32.7. The van der Waals surface area contributed by atoms with Gasteiger partial charge < -0.3 is 34.8 Å². The van der Waals surface area contributed by atoms with Crippen LogP contribution in [0.5, 0.6) is 0 Å². The summed E-state index contributed by atoms with van der Waals surface area (Å²) in [6, 6.07) is 0. The van der Waals surface area contributed by atoms with Gasteiger partial charge in [-0.1, -0.05) is 58.3 Å². The second-order valence-electron chi connectivity index (χ2n) is 5.90. The van der Waals surface area contributed by atoms with Crippen LogP contribution in [0.15, 0.2) is 0 Å². The molecule has 7 heteroatoms. The molecule has 0 saturated carbocycles. The number of carbonyl (C=O) groups is 3. The molecular formula is C16H25O7-3. The maximum Gasteiger partial charge on any atom is 0.117 e. The van der Waals surface area contributed by atoms with E-state index in [9.17, 15) is 34.8 Å². The van der Waals surface area contributed by atoms with Gasteiger partial charge in [0.15, 0.2) is 0 Å². The zero-order chi connectivity index (χ0) is 17.9. The van der Waals surface area contributed by atoms with Gasteiger partial charge >= 0.3 is 0 Å². The lowest BCUT2D eigenvalue weighted by Gasteiger charge is -2.38. The van der Waals surface area contributed by atoms with E-state index in [0.717, 1.165) is 32.1 Å². The van der Waals surface area contributed by atoms with Crippen molar-refractivity contribution in [3.8, 4) is 0 Å². The Balaban J connectivity index is 4.42. The molecule has 0 amide bonds. The average Bonchev–Trinajstić information content (AvgIpc) is 2.44. The Morgan fingerprint density at radius 1 is 0.913 bits per heavy atom. The zero-order valence-electron chi connectivity index (χ0n) is 13.5. The van der Waals surface area contributed by atoms with Crippen molar-refractivity contribution < 1.29 is 34.8 Å². The SMILES string of the molecule is CCCCCCCCCC[C@H](C(=O)[O-])[C@](O)(CC(=O)[O-])C(=O)[O-]. The van der Waals surface area contributed by atoms with Crippen molar-refractivity contribution in [2.75, 3.05) is 0 Å². The molecule has 23 heavy (non-hydrogen) atoms. The first-order valence-corrected chi connectivity index (χ1v) is 8.10. The third-order valence-electron chi connectivity index (χ3n) is 3.97. The lowest BCUT2D eigenvalue weighted by molar-refractivity contribution is -0.347. The van der Waals surface area contributed by atoms with E-state index in [1.54, 1.807) is 0 Å². The molecule has 1 N–H and O–H groups in total. The summed E-state index contributed by atoms with van der Waals surface area (Å²) >= 11 is 0. The second-order valence-corrected chi connectivity index (χ2v) is 5.90. The smallest absolute Gasteiger partial charge is 0.117 e. The van der Waals surface area contributed by atoms with Crippen molar-refractivity contribution in [3.05, 3.63) is 0 Å². The predicted molar refractivity (Wildman–Crippen MR) is 75.3 cm³/mol. The van der Waals surface area contributed by atoms with Crippen LogP contribution in [0, 0.1) is 5.92 Å². The largest absolute Gasteiger partial charge is 0.550 e. The summed E-state index contributed by atoms with van der Waals surface area (Å²) in [6.07, 6.45) is 5.93. The average molecular weight is 329 g/mol. The van der Waals surface area contributed by atoms with Gasteiger partial charge in [-0.2, -0.15) is 0 Å². The fourth-order valence-electron chi connectivity index (χ4n) is 2.59. The van der Waals surface area contributed by atoms with Gasteiger partial charge in [0.05, 0.1) is 5.97 Å². The Morgan fingerprint density at radius 3 is 1.78 bits per heavy atom. The molecule has 0 radical (unpaired) electrons. The Morgan fingerprint density at radius 2 is 1.39 bits per heavy atom. The lowest BCUT2D eigenvalue weighted by Crippen LogP contribution is -2.60. The molecule has 0 heterocycles. The van der Waals surface area contributed by atoms with Crippen LogP contribution in [-0.2, 0) is 14.4 Å². The van der Waals surface area contributed by atoms with Gasteiger partial charge in [0.25, 0.3) is 0 Å². The number of carboxylic acids is 3. The topological polar surface area (TPSA) is 141 Å². The van der Waals surface area contributed by atoms with Gasteiger partial charge in [0.1, 0.15) is 5.60 Å². The van der Waals surface area contributed by atoms with Gasteiger partial charge in [0, 0.05) is 24.3 Å². The van der Waals surface area contributed by atoms with Gasteiger partial charge in [-0.05, 0) is 6.42 Å². The molecule has 7 nitrogen and oxygen atoms in total. The highest BCUT2D eigenvalue weighted by molar-refractivity contribution is 5.87. The van der Waals surface area contributed by atoms with Crippen LogP contribution in [-0.4, -0.2) is 28.6 Å². The Bertz CT molecular complexity index is 394. The number of carboxylic acid groups (broad SMARTS) is 3. The molecule has 0 saturated heterocycles. The first-order chi connectivity index (χ1) is 10.8. The Kier molecular flexibility index (Phi) is 10.2. The highest BCUT2D eigenvalue weighted by atomic mass is 16.4. The molecule has 0 aromatic rings. The van der Waals surface area contributed by atoms with E-state index in [1.165, 1.54) is 6.42 Å². The third-order valence-corrected chi connectivity index (χ3v) is 3.97. The normalized spacial score (nSPS) is 14.9. The molecule has 2 atom stereocenters. The number of unbranched alkanes of at least 4 members (excludes halogenated alkanes) is 7. The summed E-state index contributed by atoms with van der Waals surface area (Å²) in [7, 11) is 0. The quantitative estimate of drug-likeness (QED) is 0.382. The molecule has 134 valence electrons. The number of aliphatic carboxylic acids is 3. The summed E-state index contributed by atoms with van der Waals surface area (Å²) in [5, 5.41) is 42.5. The lowest BCUT2D eigenvalue weighted by atomic mass is 9.81. The van der Waals surface area contributed by atoms with Crippen LogP contribution in [0.2, 0.25) is 0 Å². The van der Waals surface area contributed by atoms with Crippen molar-refractivity contribution in [1.82, 2.24) is 0 Å². The Hall–Kier alpha value is -1.63.